The van der Waals surface area contributed by atoms with Gasteiger partial charge in [-0.05, 0) is 49.4 Å². The molecule has 3 heterocycles. The molecule has 1 amide bonds. The number of anilines is 2. The number of rotatable bonds is 4. The first-order valence-corrected chi connectivity index (χ1v) is 12.7. The monoisotopic (exact) mass is 547 g/mol. The number of carbonyl (C=O) groups is 1. The topological polar surface area (TPSA) is 103 Å². The van der Waals surface area contributed by atoms with Crippen molar-refractivity contribution in [3.8, 4) is 11.8 Å². The Morgan fingerprint density at radius 2 is 1.88 bits per heavy atom. The van der Waals surface area contributed by atoms with E-state index < -0.39 is 17.6 Å². The quantitative estimate of drug-likeness (QED) is 0.330. The molecule has 0 spiro atoms. The van der Waals surface area contributed by atoms with Crippen LogP contribution in [0.25, 0.3) is 10.9 Å². The summed E-state index contributed by atoms with van der Waals surface area (Å²) in [5, 5.41) is 10.1. The Bertz CT molecular complexity index is 1630. The van der Waals surface area contributed by atoms with Crippen molar-refractivity contribution < 1.29 is 18.0 Å². The number of pyridine rings is 1. The molecule has 1 aliphatic rings. The van der Waals surface area contributed by atoms with Crippen LogP contribution in [0.3, 0.4) is 0 Å². The van der Waals surface area contributed by atoms with Crippen LogP contribution >= 0.6 is 0 Å². The molecular weight excluding hydrogens is 519 g/mol. The van der Waals surface area contributed by atoms with Crippen LogP contribution in [0.1, 0.15) is 38.2 Å². The fourth-order valence-electron chi connectivity index (χ4n) is 4.60. The molecule has 2 aromatic carbocycles. The Morgan fingerprint density at radius 3 is 2.62 bits per heavy atom. The largest absolute Gasteiger partial charge is 0.416 e. The number of carbonyl (C=O) groups excluding carboxylic acids is 1. The van der Waals surface area contributed by atoms with E-state index in [2.05, 4.69) is 37.2 Å². The summed E-state index contributed by atoms with van der Waals surface area (Å²) in [6.45, 7) is 5.06. The fraction of sp³-hybridized carbons (Fsp3) is 0.276. The van der Waals surface area contributed by atoms with Gasteiger partial charge in [0.25, 0.3) is 5.91 Å². The second-order valence-corrected chi connectivity index (χ2v) is 9.90. The first kappa shape index (κ1) is 27.2. The fourth-order valence-corrected chi connectivity index (χ4v) is 4.60. The van der Waals surface area contributed by atoms with Crippen molar-refractivity contribution in [2.45, 2.75) is 19.6 Å². The van der Waals surface area contributed by atoms with Crippen LogP contribution in [0.4, 0.5) is 24.7 Å². The van der Waals surface area contributed by atoms with Crippen molar-refractivity contribution in [1.82, 2.24) is 25.0 Å². The Hall–Kier alpha value is -4.40. The van der Waals surface area contributed by atoms with Crippen molar-refractivity contribution in [2.24, 2.45) is 0 Å². The minimum atomic E-state index is -4.55. The van der Waals surface area contributed by atoms with Gasteiger partial charge in [-0.3, -0.25) is 14.8 Å². The van der Waals surface area contributed by atoms with Gasteiger partial charge in [0, 0.05) is 54.9 Å². The standard InChI is InChI=1S/C29H28F3N7O/c1-18-3-4-20(13-19(18)6-8-23-24-15-35-37-26(24)16-34-27(23)33)28(40)36-22-7-5-21(25(14-22)29(30,31)32)17-39-11-9-38(2)10-12-39/h3-5,7,13-16H,9-12,17H2,1-2H3,(H2,33,34)(H,35,37)(H,36,40). The second-order valence-electron chi connectivity index (χ2n) is 9.90. The van der Waals surface area contributed by atoms with Gasteiger partial charge in [-0.2, -0.15) is 18.3 Å². The van der Waals surface area contributed by atoms with Crippen molar-refractivity contribution in [3.63, 3.8) is 0 Å². The second kappa shape index (κ2) is 11.0. The van der Waals surface area contributed by atoms with E-state index in [4.69, 9.17) is 5.73 Å². The summed E-state index contributed by atoms with van der Waals surface area (Å²) in [5.74, 6) is 5.77. The summed E-state index contributed by atoms with van der Waals surface area (Å²) >= 11 is 0. The first-order valence-electron chi connectivity index (χ1n) is 12.7. The third kappa shape index (κ3) is 5.93. The van der Waals surface area contributed by atoms with E-state index in [1.165, 1.54) is 12.1 Å². The smallest absolute Gasteiger partial charge is 0.383 e. The molecule has 40 heavy (non-hydrogen) atoms. The minimum absolute atomic E-state index is 0.0677. The number of aromatic amines is 1. The first-order chi connectivity index (χ1) is 19.1. The van der Waals surface area contributed by atoms with Gasteiger partial charge in [-0.1, -0.05) is 24.0 Å². The molecule has 0 unspecified atom stereocenters. The molecule has 4 N–H and O–H groups in total. The number of amides is 1. The van der Waals surface area contributed by atoms with Crippen molar-refractivity contribution in [2.75, 3.05) is 44.3 Å². The van der Waals surface area contributed by atoms with Crippen LogP contribution < -0.4 is 11.1 Å². The Balaban J connectivity index is 1.37. The number of nitrogens with two attached hydrogens (primary N) is 1. The number of hydrogen-bond acceptors (Lipinski definition) is 6. The van der Waals surface area contributed by atoms with Gasteiger partial charge in [0.1, 0.15) is 5.82 Å². The summed E-state index contributed by atoms with van der Waals surface area (Å²) in [6.07, 6.45) is -1.37. The number of halogens is 3. The number of nitrogens with zero attached hydrogens (tertiary/aromatic N) is 4. The third-order valence-corrected chi connectivity index (χ3v) is 7.01. The van der Waals surface area contributed by atoms with Crippen molar-refractivity contribution in [3.05, 3.63) is 82.2 Å². The van der Waals surface area contributed by atoms with Crippen LogP contribution in [0.15, 0.2) is 48.8 Å². The van der Waals surface area contributed by atoms with Crippen LogP contribution in [0.2, 0.25) is 0 Å². The highest BCUT2D eigenvalue weighted by Crippen LogP contribution is 2.35. The Kier molecular flexibility index (Phi) is 7.47. The zero-order chi connectivity index (χ0) is 28.4. The number of benzene rings is 2. The van der Waals surface area contributed by atoms with Gasteiger partial charge in [0.05, 0.1) is 29.0 Å². The zero-order valence-electron chi connectivity index (χ0n) is 22.1. The van der Waals surface area contributed by atoms with Crippen LogP contribution in [-0.4, -0.2) is 64.1 Å². The molecule has 4 aromatic rings. The molecule has 0 bridgehead atoms. The molecule has 1 fully saturated rings. The molecule has 1 saturated heterocycles. The maximum atomic E-state index is 14.0. The van der Waals surface area contributed by atoms with Crippen molar-refractivity contribution >= 4 is 28.3 Å². The van der Waals surface area contributed by atoms with E-state index in [0.29, 0.717) is 29.7 Å². The molecule has 1 aliphatic heterocycles. The molecule has 0 atom stereocenters. The van der Waals surface area contributed by atoms with E-state index in [1.54, 1.807) is 30.6 Å². The number of piperazine rings is 1. The predicted octanol–water partition coefficient (Wildman–Crippen LogP) is 4.27. The van der Waals surface area contributed by atoms with E-state index in [9.17, 15) is 18.0 Å². The number of aryl methyl sites for hydroxylation is 1. The highest BCUT2D eigenvalue weighted by molar-refractivity contribution is 6.04. The lowest BCUT2D eigenvalue weighted by Gasteiger charge is -2.33. The van der Waals surface area contributed by atoms with Gasteiger partial charge in [-0.15, -0.1) is 0 Å². The number of aromatic nitrogens is 3. The maximum Gasteiger partial charge on any atom is 0.416 e. The normalized spacial score (nSPS) is 14.6. The van der Waals surface area contributed by atoms with E-state index in [0.717, 1.165) is 30.1 Å². The third-order valence-electron chi connectivity index (χ3n) is 7.01. The van der Waals surface area contributed by atoms with Gasteiger partial charge in [0.15, 0.2) is 0 Å². The van der Waals surface area contributed by atoms with E-state index in [1.807, 2.05) is 18.9 Å². The van der Waals surface area contributed by atoms with Gasteiger partial charge < -0.3 is 16.0 Å². The number of hydrogen-bond donors (Lipinski definition) is 3. The molecule has 5 rings (SSSR count). The van der Waals surface area contributed by atoms with Crippen LogP contribution in [0, 0.1) is 18.8 Å². The highest BCUT2D eigenvalue weighted by atomic mass is 19.4. The Morgan fingerprint density at radius 1 is 1.10 bits per heavy atom. The molecule has 0 saturated carbocycles. The van der Waals surface area contributed by atoms with Crippen LogP contribution in [0.5, 0.6) is 0 Å². The van der Waals surface area contributed by atoms with Crippen molar-refractivity contribution in [1.29, 1.82) is 0 Å². The lowest BCUT2D eigenvalue weighted by molar-refractivity contribution is -0.138. The Labute approximate surface area is 229 Å². The average molecular weight is 548 g/mol. The lowest BCUT2D eigenvalue weighted by Crippen LogP contribution is -2.44. The number of fused-ring (bicyclic) bond motifs is 1. The van der Waals surface area contributed by atoms with Gasteiger partial charge in [0.2, 0.25) is 0 Å². The van der Waals surface area contributed by atoms with E-state index in [-0.39, 0.29) is 29.2 Å². The molecule has 0 radical (unpaired) electrons. The zero-order valence-corrected chi connectivity index (χ0v) is 22.1. The van der Waals surface area contributed by atoms with E-state index >= 15 is 0 Å². The summed E-state index contributed by atoms with van der Waals surface area (Å²) < 4.78 is 41.9. The molecular formula is C29H28F3N7O. The molecule has 8 nitrogen and oxygen atoms in total. The predicted molar refractivity (Wildman–Crippen MR) is 148 cm³/mol. The number of nitrogen functional groups attached to an aromatic ring is 1. The molecule has 2 aromatic heterocycles. The number of alkyl halides is 3. The minimum Gasteiger partial charge on any atom is -0.383 e. The number of H-pyrrole nitrogens is 1. The number of nitrogens with one attached hydrogen (secondary N) is 2. The summed E-state index contributed by atoms with van der Waals surface area (Å²) in [7, 11) is 1.99. The molecule has 0 aliphatic carbocycles. The lowest BCUT2D eigenvalue weighted by atomic mass is 10.0. The highest BCUT2D eigenvalue weighted by Gasteiger charge is 2.34. The maximum absolute atomic E-state index is 14.0. The van der Waals surface area contributed by atoms with Gasteiger partial charge in [-0.25, -0.2) is 4.98 Å². The summed E-state index contributed by atoms with van der Waals surface area (Å²) in [6, 6.07) is 8.89. The summed E-state index contributed by atoms with van der Waals surface area (Å²) in [5.41, 5.74) is 8.38. The average Bonchev–Trinajstić information content (AvgIpc) is 3.39. The SMILES string of the molecule is Cc1ccc(C(=O)Nc2ccc(CN3CCN(C)CC3)c(C(F)(F)F)c2)cc1C#Cc1c(N)ncc2[nH]ncc12. The van der Waals surface area contributed by atoms with Gasteiger partial charge >= 0.3 is 6.18 Å². The summed E-state index contributed by atoms with van der Waals surface area (Å²) in [4.78, 5) is 21.3. The number of likely N-dealkylation sites (N-methyl/N-ethyl adjacent to an activating group) is 1. The molecule has 206 valence electrons. The van der Waals surface area contributed by atoms with Crippen LogP contribution in [-0.2, 0) is 12.7 Å². The molecule has 11 heteroatoms.